The van der Waals surface area contributed by atoms with Gasteiger partial charge in [0.2, 0.25) is 0 Å². The molecule has 0 fully saturated rings. The molecule has 0 atom stereocenters. The van der Waals surface area contributed by atoms with Crippen LogP contribution >= 0.6 is 0 Å². The molecule has 0 unspecified atom stereocenters. The maximum atomic E-state index is 7.50. The van der Waals surface area contributed by atoms with E-state index in [0.29, 0.717) is 0 Å². The van der Waals surface area contributed by atoms with Gasteiger partial charge in [0.05, 0.1) is 0 Å². The van der Waals surface area contributed by atoms with E-state index < -0.39 is 0 Å². The molecule has 0 aliphatic heterocycles. The second-order valence-electron chi connectivity index (χ2n) is 8.11. The molecule has 0 saturated carbocycles. The first-order chi connectivity index (χ1) is 16.6. The fourth-order valence-electron chi connectivity index (χ4n) is 2.38. The van der Waals surface area contributed by atoms with Crippen molar-refractivity contribution in [3.05, 3.63) is 117 Å². The van der Waals surface area contributed by atoms with E-state index in [1.807, 2.05) is 0 Å². The fraction of sp³-hybridized carbons (Fsp3) is 0.286. The number of rotatable bonds is 2. The van der Waals surface area contributed by atoms with Crippen molar-refractivity contribution >= 4 is 20.5 Å². The number of hydrogen-bond donors (Lipinski definition) is 0. The summed E-state index contributed by atoms with van der Waals surface area (Å²) in [6.07, 6.45) is 3.46. The largest absolute Gasteiger partial charge is 0 e. The summed E-state index contributed by atoms with van der Waals surface area (Å²) < 4.78 is 46.0. The first-order valence-electron chi connectivity index (χ1n) is 9.32. The normalized spacial score (nSPS) is 8.54. The van der Waals surface area contributed by atoms with Gasteiger partial charge < -0.3 is 0 Å². The first-order valence-corrected chi connectivity index (χ1v) is 10.2. The second kappa shape index (κ2) is 32.2. The smallest absolute Gasteiger partial charge is 0 e. The second-order valence-corrected chi connectivity index (χ2v) is 8.97. The summed E-state index contributed by atoms with van der Waals surface area (Å²) in [5.41, 5.74) is 5.35. The molecule has 2 aromatic carbocycles. The fourth-order valence-corrected chi connectivity index (χ4v) is 2.91. The molecule has 0 aliphatic rings. The Balaban J connectivity index is -0.000000113. The minimum atomic E-state index is 0. The molecule has 37 heavy (non-hydrogen) atoms. The molecule has 0 N–H and O–H groups in total. The van der Waals surface area contributed by atoms with E-state index in [1.165, 1.54) is 16.7 Å². The van der Waals surface area contributed by atoms with Crippen LogP contribution in [0.3, 0.4) is 0 Å². The van der Waals surface area contributed by atoms with Gasteiger partial charge in [-0.3, -0.25) is 0 Å². The van der Waals surface area contributed by atoms with Gasteiger partial charge in [-0.2, -0.15) is 0 Å². The predicted molar refractivity (Wildman–Crippen MR) is 125 cm³/mol. The summed E-state index contributed by atoms with van der Waals surface area (Å²) >= 11 is 3.15. The molecule has 2 aromatic rings. The van der Waals surface area contributed by atoms with Crippen molar-refractivity contribution in [3.63, 3.8) is 0 Å². The third kappa shape index (κ3) is 24.3. The molecule has 0 bridgehead atoms. The Hall–Kier alpha value is -1.82. The summed E-state index contributed by atoms with van der Waals surface area (Å²) in [5.74, 6) is 0. The Bertz CT molecular complexity index is 909. The van der Waals surface area contributed by atoms with Crippen LogP contribution in [0.2, 0.25) is 0 Å². The number of benzene rings is 2. The van der Waals surface area contributed by atoms with Crippen LogP contribution in [0.15, 0.2) is 48.5 Å². The van der Waals surface area contributed by atoms with Crippen molar-refractivity contribution < 1.29 is 62.1 Å². The van der Waals surface area contributed by atoms with Crippen molar-refractivity contribution in [2.75, 3.05) is 0 Å². The first kappa shape index (κ1) is 51.8. The van der Waals surface area contributed by atoms with E-state index in [9.17, 15) is 0 Å². The Morgan fingerprint density at radius 2 is 0.784 bits per heavy atom. The van der Waals surface area contributed by atoms with Gasteiger partial charge >= 0.3 is 218 Å². The van der Waals surface area contributed by atoms with Crippen molar-refractivity contribution in [1.29, 1.82) is 0 Å². The molecular weight excluding hydrogens is 623 g/mol. The van der Waals surface area contributed by atoms with Gasteiger partial charge in [-0.05, 0) is 0 Å². The molecule has 2 rings (SSSR count). The van der Waals surface area contributed by atoms with Gasteiger partial charge in [-0.1, -0.05) is 0 Å². The minimum absolute atomic E-state index is 0. The van der Waals surface area contributed by atoms with Crippen LogP contribution < -0.4 is 0 Å². The molecule has 0 amide bonds. The standard InChI is InChI=1S/C22H26Se.6CO.2Fe/c1-21(2,3)18-11-7-16(8-12-18)15-20(23)17-9-13-19(14-10-17)22(4,5)6;6*1-2;;/h7-14H,1-6H3;;;;;;;;/q-1;;;;;;;;. The van der Waals surface area contributed by atoms with Gasteiger partial charge in [-0.25, -0.2) is 0 Å². The van der Waals surface area contributed by atoms with Crippen molar-refractivity contribution in [3.8, 4) is 0 Å². The Kier molecular flexibility index (Phi) is 45.1. The molecule has 0 aliphatic carbocycles. The van der Waals surface area contributed by atoms with E-state index in [1.54, 1.807) is 0 Å². The molecule has 0 heterocycles. The van der Waals surface area contributed by atoms with Crippen LogP contribution in [0.4, 0.5) is 0 Å². The molecular formula is C28H26Fe2O6Se-. The van der Waals surface area contributed by atoms with E-state index in [2.05, 4.69) is 152 Å². The average molecular weight is 649 g/mol. The molecule has 0 saturated heterocycles. The van der Waals surface area contributed by atoms with Crippen LogP contribution in [-0.4, -0.2) is 16.0 Å². The Labute approximate surface area is 250 Å². The van der Waals surface area contributed by atoms with Crippen molar-refractivity contribution in [2.45, 2.75) is 52.4 Å². The van der Waals surface area contributed by atoms with E-state index >= 15 is 0 Å². The summed E-state index contributed by atoms with van der Waals surface area (Å²) in [6, 6.07) is 17.4. The van der Waals surface area contributed by atoms with Gasteiger partial charge in [0.25, 0.3) is 0 Å². The van der Waals surface area contributed by atoms with Gasteiger partial charge in [0, 0.05) is 34.1 Å². The molecule has 197 valence electrons. The van der Waals surface area contributed by atoms with Gasteiger partial charge in [0.1, 0.15) is 0 Å². The monoisotopic (exact) mass is 650 g/mol. The third-order valence-corrected chi connectivity index (χ3v) is 4.73. The molecule has 1 radical (unpaired) electrons. The minimum Gasteiger partial charge on any atom is 0 e. The maximum Gasteiger partial charge on any atom is 0 e. The summed E-state index contributed by atoms with van der Waals surface area (Å²) in [7, 11) is 0. The summed E-state index contributed by atoms with van der Waals surface area (Å²) in [6.45, 7) is 40.4. The van der Waals surface area contributed by atoms with Gasteiger partial charge in [-0.15, -0.1) is 0 Å². The zero-order chi connectivity index (χ0) is 29.3. The van der Waals surface area contributed by atoms with Crippen LogP contribution in [0.25, 0.3) is 4.47 Å². The van der Waals surface area contributed by atoms with Crippen molar-refractivity contribution in [1.82, 2.24) is 0 Å². The van der Waals surface area contributed by atoms with Crippen LogP contribution in [0.1, 0.15) is 63.8 Å². The Morgan fingerprint density at radius 3 is 1.03 bits per heavy atom. The summed E-state index contributed by atoms with van der Waals surface area (Å²) in [4.78, 5) is 0. The number of hydrogen-bond acceptors (Lipinski definition) is 0. The molecule has 0 spiro atoms. The third-order valence-electron chi connectivity index (χ3n) is 4.02. The van der Waals surface area contributed by atoms with Crippen LogP contribution in [0, 0.1) is 46.0 Å². The summed E-state index contributed by atoms with van der Waals surface area (Å²) in [5, 5.41) is 0. The average Bonchev–Trinajstić information content (AvgIpc) is 2.90. The topological polar surface area (TPSA) is 119 Å². The predicted octanol–water partition coefficient (Wildman–Crippen LogP) is 5.41. The van der Waals surface area contributed by atoms with E-state index in [0.717, 1.165) is 10.0 Å². The zero-order valence-electron chi connectivity index (χ0n) is 21.2. The zero-order valence-corrected chi connectivity index (χ0v) is 25.1. The molecule has 9 heteroatoms. The molecule has 0 aromatic heterocycles. The van der Waals surface area contributed by atoms with Crippen LogP contribution in [0.5, 0.6) is 0 Å². The molecule has 6 nitrogen and oxygen atoms in total. The quantitative estimate of drug-likeness (QED) is 0.179. The van der Waals surface area contributed by atoms with Crippen molar-refractivity contribution in [2.24, 2.45) is 0 Å². The Morgan fingerprint density at radius 1 is 0.541 bits per heavy atom. The van der Waals surface area contributed by atoms with E-state index in [-0.39, 0.29) is 45.0 Å². The van der Waals surface area contributed by atoms with Gasteiger partial charge in [0.15, 0.2) is 0 Å². The van der Waals surface area contributed by atoms with E-state index in [4.69, 9.17) is 27.9 Å². The SMILES string of the molecule is CC(C)(C)c1ccc([C-]=C([Se])c2ccc(C(C)(C)C)cc2)cc1.[C-]#[O+].[C-]#[O+].[C-]#[O+].[C-]#[O+].[C-]#[O+].[C-]#[O+].[Fe].[Fe]. The van der Waals surface area contributed by atoms with Crippen LogP contribution in [-0.2, 0) is 72.9 Å². The maximum absolute atomic E-state index is 7.50.